The van der Waals surface area contributed by atoms with Crippen LogP contribution >= 0.6 is 7.60 Å². The number of benzene rings is 1. The summed E-state index contributed by atoms with van der Waals surface area (Å²) in [6, 6.07) is 4.92. The zero-order valence-electron chi connectivity index (χ0n) is 9.32. The molecule has 1 aromatic rings. The second kappa shape index (κ2) is 5.77. The van der Waals surface area contributed by atoms with Crippen LogP contribution in [-0.4, -0.2) is 18.3 Å². The molecule has 0 saturated heterocycles. The molecular formula is C10H9O7P-2. The second-order valence-corrected chi connectivity index (χ2v) is 4.47. The molecule has 0 spiro atoms. The zero-order chi connectivity index (χ0) is 13.8. The van der Waals surface area contributed by atoms with Crippen LogP contribution < -0.4 is 14.5 Å². The molecule has 8 heteroatoms. The first kappa shape index (κ1) is 14.4. The summed E-state index contributed by atoms with van der Waals surface area (Å²) in [7, 11) is -5.42. The van der Waals surface area contributed by atoms with Crippen molar-refractivity contribution in [3.63, 3.8) is 0 Å². The van der Waals surface area contributed by atoms with Crippen LogP contribution in [0.3, 0.4) is 0 Å². The molecule has 7 nitrogen and oxygen atoms in total. The first-order chi connectivity index (χ1) is 8.34. The van der Waals surface area contributed by atoms with E-state index in [9.17, 15) is 23.9 Å². The van der Waals surface area contributed by atoms with Crippen molar-refractivity contribution in [3.8, 4) is 5.75 Å². The van der Waals surface area contributed by atoms with Crippen LogP contribution in [0.15, 0.2) is 24.3 Å². The Balaban J connectivity index is 2.75. The van der Waals surface area contributed by atoms with E-state index in [0.717, 1.165) is 0 Å². The van der Waals surface area contributed by atoms with Gasteiger partial charge >= 0.3 is 11.7 Å². The molecular weight excluding hydrogens is 263 g/mol. The smallest absolute Gasteiger partial charge is 0.339 e. The molecule has 0 saturated carbocycles. The Morgan fingerprint density at radius 1 is 1.22 bits per heavy atom. The molecule has 0 radical (unpaired) electrons. The Kier molecular flexibility index (Phi) is 4.61. The summed E-state index contributed by atoms with van der Waals surface area (Å²) in [6.45, 7) is 1.86. The summed E-state index contributed by atoms with van der Waals surface area (Å²) in [5.41, 5.74) is -1.66. The Morgan fingerprint density at radius 3 is 2.22 bits per heavy atom. The Hall–Kier alpha value is -1.69. The molecule has 1 aromatic carbocycles. The van der Waals surface area contributed by atoms with Crippen LogP contribution in [-0.2, 0) is 9.30 Å². The fourth-order valence-electron chi connectivity index (χ4n) is 1.03. The Morgan fingerprint density at radius 2 is 1.78 bits per heavy atom. The molecule has 98 valence electrons. The van der Waals surface area contributed by atoms with E-state index in [2.05, 4.69) is 4.74 Å². The summed E-state index contributed by atoms with van der Waals surface area (Å²) in [6.07, 6.45) is 0. The minimum absolute atomic E-state index is 0.153. The van der Waals surface area contributed by atoms with Gasteiger partial charge in [0.2, 0.25) is 0 Å². The quantitative estimate of drug-likeness (QED) is 0.570. The molecule has 0 unspecified atom stereocenters. The number of carbonyl (C=O) groups is 2. The number of ether oxygens (including phenoxy) is 2. The summed E-state index contributed by atoms with van der Waals surface area (Å²) in [4.78, 5) is 42.7. The van der Waals surface area contributed by atoms with Crippen molar-refractivity contribution in [2.45, 2.75) is 6.92 Å². The van der Waals surface area contributed by atoms with Gasteiger partial charge < -0.3 is 23.8 Å². The molecule has 0 amide bonds. The third-order valence-corrected chi connectivity index (χ3v) is 2.33. The third kappa shape index (κ3) is 3.96. The summed E-state index contributed by atoms with van der Waals surface area (Å²) < 4.78 is 19.3. The molecule has 0 N–H and O–H groups in total. The van der Waals surface area contributed by atoms with Gasteiger partial charge in [-0.2, -0.15) is 0 Å². The molecule has 0 aliphatic carbocycles. The SMILES string of the molecule is CCOC(=O)c1ccc(OC(=O)P(=O)([O-])[O-])cc1. The van der Waals surface area contributed by atoms with Crippen LogP contribution in [0, 0.1) is 0 Å². The van der Waals surface area contributed by atoms with E-state index in [1.54, 1.807) is 6.92 Å². The monoisotopic (exact) mass is 272 g/mol. The highest BCUT2D eigenvalue weighted by Gasteiger charge is 2.10. The third-order valence-electron chi connectivity index (χ3n) is 1.79. The second-order valence-electron chi connectivity index (χ2n) is 3.11. The van der Waals surface area contributed by atoms with Crippen LogP contribution in [0.25, 0.3) is 0 Å². The maximum Gasteiger partial charge on any atom is 0.339 e. The number of carbonyl (C=O) groups excluding carboxylic acids is 2. The van der Waals surface area contributed by atoms with E-state index in [4.69, 9.17) is 4.74 Å². The van der Waals surface area contributed by atoms with Gasteiger partial charge in [-0.15, -0.1) is 0 Å². The summed E-state index contributed by atoms with van der Waals surface area (Å²) in [5.74, 6) is -0.714. The maximum atomic E-state index is 11.3. The fourth-order valence-corrected chi connectivity index (χ4v) is 1.25. The van der Waals surface area contributed by atoms with E-state index in [-0.39, 0.29) is 17.9 Å². The Labute approximate surface area is 102 Å². The molecule has 18 heavy (non-hydrogen) atoms. The van der Waals surface area contributed by atoms with Gasteiger partial charge in [-0.05, 0) is 31.2 Å². The predicted octanol–water partition coefficient (Wildman–Crippen LogP) is 0.276. The first-order valence-corrected chi connectivity index (χ1v) is 6.40. The number of hydrogen-bond acceptors (Lipinski definition) is 7. The summed E-state index contributed by atoms with van der Waals surface area (Å²) in [5, 5.41) is 0. The van der Waals surface area contributed by atoms with Gasteiger partial charge in [-0.25, -0.2) is 9.59 Å². The summed E-state index contributed by atoms with van der Waals surface area (Å²) >= 11 is 0. The van der Waals surface area contributed by atoms with E-state index in [1.165, 1.54) is 24.3 Å². The van der Waals surface area contributed by atoms with Crippen molar-refractivity contribution >= 4 is 19.3 Å². The number of hydrogen-bond donors (Lipinski definition) is 0. The molecule has 1 rings (SSSR count). The standard InChI is InChI=1S/C10H11O7P/c1-2-16-9(11)7-3-5-8(6-4-7)17-10(12)18(13,14)15/h3-6H,2H2,1H3,(H2,13,14,15)/p-2. The number of rotatable bonds is 4. The number of esters is 1. The average Bonchev–Trinajstić information content (AvgIpc) is 2.29. The normalized spacial score (nSPS) is 10.8. The van der Waals surface area contributed by atoms with Gasteiger partial charge in [0, 0.05) is 7.60 Å². The van der Waals surface area contributed by atoms with E-state index in [0.29, 0.717) is 0 Å². The highest BCUT2D eigenvalue weighted by Crippen LogP contribution is 2.27. The van der Waals surface area contributed by atoms with Crippen molar-refractivity contribution in [1.29, 1.82) is 0 Å². The van der Waals surface area contributed by atoms with Crippen molar-refractivity contribution in [2.75, 3.05) is 6.61 Å². The lowest BCUT2D eigenvalue weighted by atomic mass is 10.2. The van der Waals surface area contributed by atoms with Crippen molar-refractivity contribution in [3.05, 3.63) is 29.8 Å². The maximum absolute atomic E-state index is 11.3. The van der Waals surface area contributed by atoms with Gasteiger partial charge in [0.15, 0.2) is 0 Å². The lowest BCUT2D eigenvalue weighted by Crippen LogP contribution is -2.24. The van der Waals surface area contributed by atoms with E-state index >= 15 is 0 Å². The van der Waals surface area contributed by atoms with Crippen molar-refractivity contribution in [2.24, 2.45) is 0 Å². The predicted molar refractivity (Wildman–Crippen MR) is 56.0 cm³/mol. The minimum Gasteiger partial charge on any atom is -0.803 e. The van der Waals surface area contributed by atoms with Crippen molar-refractivity contribution in [1.82, 2.24) is 0 Å². The minimum atomic E-state index is -5.42. The highest BCUT2D eigenvalue weighted by molar-refractivity contribution is 7.67. The van der Waals surface area contributed by atoms with Gasteiger partial charge in [-0.1, -0.05) is 0 Å². The molecule has 0 aliphatic rings. The van der Waals surface area contributed by atoms with Gasteiger partial charge in [0.05, 0.1) is 12.2 Å². The lowest BCUT2D eigenvalue weighted by Gasteiger charge is -2.25. The average molecular weight is 272 g/mol. The van der Waals surface area contributed by atoms with Gasteiger partial charge in [0.25, 0.3) is 0 Å². The first-order valence-electron chi connectivity index (χ1n) is 4.86. The molecule has 0 aromatic heterocycles. The topological polar surface area (TPSA) is 116 Å². The lowest BCUT2D eigenvalue weighted by molar-refractivity contribution is -0.308. The van der Waals surface area contributed by atoms with Crippen LogP contribution in [0.4, 0.5) is 4.79 Å². The van der Waals surface area contributed by atoms with E-state index in [1.807, 2.05) is 0 Å². The highest BCUT2D eigenvalue weighted by atomic mass is 31.2. The van der Waals surface area contributed by atoms with Crippen LogP contribution in [0.5, 0.6) is 5.75 Å². The van der Waals surface area contributed by atoms with Crippen molar-refractivity contribution < 1.29 is 33.4 Å². The Bertz CT molecular complexity index is 487. The van der Waals surface area contributed by atoms with Crippen LogP contribution in [0.1, 0.15) is 17.3 Å². The largest absolute Gasteiger partial charge is 0.803 e. The molecule has 0 atom stereocenters. The van der Waals surface area contributed by atoms with Gasteiger partial charge in [-0.3, -0.25) is 0 Å². The van der Waals surface area contributed by atoms with E-state index < -0.39 is 19.3 Å². The molecule has 0 aliphatic heterocycles. The van der Waals surface area contributed by atoms with Gasteiger partial charge in [0.1, 0.15) is 5.75 Å². The zero-order valence-corrected chi connectivity index (χ0v) is 10.2. The molecule has 0 fully saturated rings. The van der Waals surface area contributed by atoms with Crippen LogP contribution in [0.2, 0.25) is 0 Å². The molecule has 0 bridgehead atoms. The molecule has 0 heterocycles. The fraction of sp³-hybridized carbons (Fsp3) is 0.200.